The number of hydrogen-bond acceptors (Lipinski definition) is 1. The fraction of sp³-hybridized carbons (Fsp3) is 0.143. The molecule has 0 amide bonds. The Morgan fingerprint density at radius 2 is 2.44 bits per heavy atom. The zero-order valence-corrected chi connectivity index (χ0v) is 5.24. The molecule has 0 saturated carbocycles. The molecule has 1 rings (SSSR count). The van der Waals surface area contributed by atoms with Gasteiger partial charge < -0.3 is 0 Å². The maximum absolute atomic E-state index is 10.1. The third kappa shape index (κ3) is 1.35. The molecule has 1 aromatic rings. The molecule has 0 atom stereocenters. The van der Waals surface area contributed by atoms with E-state index in [1.807, 2.05) is 19.1 Å². The third-order valence-electron chi connectivity index (χ3n) is 1.09. The maximum Gasteiger partial charge on any atom is 0.380 e. The van der Waals surface area contributed by atoms with Crippen LogP contribution in [0.5, 0.6) is 0 Å². The minimum atomic E-state index is 0.771. The van der Waals surface area contributed by atoms with E-state index in [1.165, 1.54) is 4.57 Å². The number of carbonyl (C=O) groups is 1. The van der Waals surface area contributed by atoms with E-state index in [-0.39, 0.29) is 0 Å². The van der Waals surface area contributed by atoms with Gasteiger partial charge in [-0.2, -0.15) is 0 Å². The second kappa shape index (κ2) is 2.40. The van der Waals surface area contributed by atoms with Gasteiger partial charge in [0.15, 0.2) is 12.4 Å². The molecule has 46 valence electrons. The third-order valence-corrected chi connectivity index (χ3v) is 1.09. The van der Waals surface area contributed by atoms with Gasteiger partial charge in [-0.3, -0.25) is 0 Å². The number of aromatic nitrogens is 1. The first-order valence-corrected chi connectivity index (χ1v) is 2.75. The summed E-state index contributed by atoms with van der Waals surface area (Å²) in [5.41, 5.74) is 1.09. The number of aryl methyl sites for hydroxylation is 1. The number of pyridine rings is 1. The van der Waals surface area contributed by atoms with Gasteiger partial charge in [-0.15, -0.1) is 4.57 Å². The van der Waals surface area contributed by atoms with Crippen molar-refractivity contribution in [1.82, 2.24) is 0 Å². The highest BCUT2D eigenvalue weighted by Gasteiger charge is 1.93. The van der Waals surface area contributed by atoms with Crippen LogP contribution in [0, 0.1) is 6.92 Å². The Balaban J connectivity index is 3.07. The summed E-state index contributed by atoms with van der Waals surface area (Å²) in [6, 6.07) is 3.78. The van der Waals surface area contributed by atoms with Crippen LogP contribution in [0.15, 0.2) is 24.5 Å². The SMILES string of the molecule is Cc1ccc[n+](C=O)c1. The quantitative estimate of drug-likeness (QED) is 0.388. The standard InChI is InChI=1S/C7H8NO/c1-7-3-2-4-8(5-7)6-9/h2-6H,1H3/q+1. The van der Waals surface area contributed by atoms with E-state index in [1.54, 1.807) is 12.4 Å². The highest BCUT2D eigenvalue weighted by molar-refractivity contribution is 5.35. The molecule has 0 saturated heterocycles. The van der Waals surface area contributed by atoms with Crippen LogP contribution in [0.25, 0.3) is 0 Å². The van der Waals surface area contributed by atoms with E-state index in [9.17, 15) is 4.79 Å². The van der Waals surface area contributed by atoms with Gasteiger partial charge in [-0.25, -0.2) is 4.79 Å². The topological polar surface area (TPSA) is 20.9 Å². The largest absolute Gasteiger partial charge is 0.380 e. The average molecular weight is 122 g/mol. The molecular formula is C7H8NO+. The highest BCUT2D eigenvalue weighted by atomic mass is 16.1. The van der Waals surface area contributed by atoms with Crippen molar-refractivity contribution in [1.29, 1.82) is 0 Å². The van der Waals surface area contributed by atoms with Gasteiger partial charge in [0.1, 0.15) is 0 Å². The van der Waals surface area contributed by atoms with E-state index < -0.39 is 0 Å². The highest BCUT2D eigenvalue weighted by Crippen LogP contribution is 1.86. The molecule has 0 aromatic carbocycles. The van der Waals surface area contributed by atoms with Crippen molar-refractivity contribution in [2.45, 2.75) is 6.92 Å². The van der Waals surface area contributed by atoms with Gasteiger partial charge in [0.25, 0.3) is 0 Å². The van der Waals surface area contributed by atoms with Crippen LogP contribution in [-0.2, 0) is 4.79 Å². The summed E-state index contributed by atoms with van der Waals surface area (Å²) in [7, 11) is 0. The van der Waals surface area contributed by atoms with Gasteiger partial charge in [0, 0.05) is 11.6 Å². The molecule has 0 fully saturated rings. The lowest BCUT2D eigenvalue weighted by Gasteiger charge is -1.83. The molecule has 0 N–H and O–H groups in total. The van der Waals surface area contributed by atoms with Gasteiger partial charge in [-0.05, 0) is 13.0 Å². The van der Waals surface area contributed by atoms with Crippen LogP contribution in [0.4, 0.5) is 0 Å². The zero-order chi connectivity index (χ0) is 6.69. The summed E-state index contributed by atoms with van der Waals surface area (Å²) in [5.74, 6) is 0. The summed E-state index contributed by atoms with van der Waals surface area (Å²) < 4.78 is 1.48. The molecule has 2 heteroatoms. The predicted molar refractivity (Wildman–Crippen MR) is 33.5 cm³/mol. The minimum Gasteiger partial charge on any atom is -0.222 e. The lowest BCUT2D eigenvalue weighted by atomic mass is 10.3. The van der Waals surface area contributed by atoms with Crippen LogP contribution in [-0.4, -0.2) is 6.41 Å². The lowest BCUT2D eigenvalue weighted by molar-refractivity contribution is -0.553. The first-order valence-electron chi connectivity index (χ1n) is 2.75. The Hall–Kier alpha value is -1.18. The van der Waals surface area contributed by atoms with Crippen molar-refractivity contribution < 1.29 is 9.36 Å². The van der Waals surface area contributed by atoms with Crippen LogP contribution in [0.3, 0.4) is 0 Å². The van der Waals surface area contributed by atoms with Gasteiger partial charge >= 0.3 is 6.41 Å². The molecule has 0 radical (unpaired) electrons. The summed E-state index contributed by atoms with van der Waals surface area (Å²) in [6.45, 7) is 1.94. The summed E-state index contributed by atoms with van der Waals surface area (Å²) in [4.78, 5) is 10.1. The molecule has 0 aliphatic carbocycles. The van der Waals surface area contributed by atoms with Gasteiger partial charge in [0.05, 0.1) is 0 Å². The fourth-order valence-corrected chi connectivity index (χ4v) is 0.681. The summed E-state index contributed by atoms with van der Waals surface area (Å²) >= 11 is 0. The molecular weight excluding hydrogens is 114 g/mol. The average Bonchev–Trinajstić information content (AvgIpc) is 1.88. The first kappa shape index (κ1) is 5.95. The molecule has 0 aliphatic heterocycles. The number of rotatable bonds is 1. The van der Waals surface area contributed by atoms with E-state index >= 15 is 0 Å². The Morgan fingerprint density at radius 3 is 2.89 bits per heavy atom. The van der Waals surface area contributed by atoms with Crippen molar-refractivity contribution in [2.24, 2.45) is 0 Å². The zero-order valence-electron chi connectivity index (χ0n) is 5.24. The minimum absolute atomic E-state index is 0.771. The van der Waals surface area contributed by atoms with Gasteiger partial charge in [-0.1, -0.05) is 0 Å². The monoisotopic (exact) mass is 122 g/mol. The molecule has 0 bridgehead atoms. The second-order valence-electron chi connectivity index (χ2n) is 1.93. The number of hydrogen-bond donors (Lipinski definition) is 0. The Morgan fingerprint density at radius 1 is 1.67 bits per heavy atom. The van der Waals surface area contributed by atoms with Crippen molar-refractivity contribution >= 4 is 6.41 Å². The lowest BCUT2D eigenvalue weighted by Crippen LogP contribution is -2.31. The molecule has 0 spiro atoms. The molecule has 0 unspecified atom stereocenters. The van der Waals surface area contributed by atoms with Crippen LogP contribution >= 0.6 is 0 Å². The molecule has 9 heavy (non-hydrogen) atoms. The summed E-state index contributed by atoms with van der Waals surface area (Å²) in [5, 5.41) is 0. The van der Waals surface area contributed by atoms with Gasteiger partial charge in [0.2, 0.25) is 0 Å². The van der Waals surface area contributed by atoms with E-state index in [2.05, 4.69) is 0 Å². The molecule has 2 nitrogen and oxygen atoms in total. The smallest absolute Gasteiger partial charge is 0.222 e. The summed E-state index contributed by atoms with van der Waals surface area (Å²) in [6.07, 6.45) is 4.25. The first-order chi connectivity index (χ1) is 4.33. The van der Waals surface area contributed by atoms with Crippen LogP contribution in [0.1, 0.15) is 5.56 Å². The Kier molecular flexibility index (Phi) is 1.58. The van der Waals surface area contributed by atoms with E-state index in [0.717, 1.165) is 12.0 Å². The Bertz CT molecular complexity index is 220. The second-order valence-corrected chi connectivity index (χ2v) is 1.93. The van der Waals surface area contributed by atoms with E-state index in [0.29, 0.717) is 0 Å². The van der Waals surface area contributed by atoms with Crippen LogP contribution < -0.4 is 4.57 Å². The fourth-order valence-electron chi connectivity index (χ4n) is 0.681. The molecule has 0 aliphatic rings. The number of nitrogens with zero attached hydrogens (tertiary/aromatic N) is 1. The van der Waals surface area contributed by atoms with Crippen molar-refractivity contribution in [3.05, 3.63) is 30.1 Å². The van der Waals surface area contributed by atoms with Crippen molar-refractivity contribution in [3.8, 4) is 0 Å². The maximum atomic E-state index is 10.1. The Labute approximate surface area is 53.8 Å². The van der Waals surface area contributed by atoms with E-state index in [4.69, 9.17) is 0 Å². The molecule has 1 aromatic heterocycles. The predicted octanol–water partition coefficient (Wildman–Crippen LogP) is 0.321. The normalized spacial score (nSPS) is 9.00. The number of carbonyl (C=O) groups excluding carboxylic acids is 1. The molecule has 1 heterocycles. The van der Waals surface area contributed by atoms with Crippen LogP contribution in [0.2, 0.25) is 0 Å². The van der Waals surface area contributed by atoms with Crippen molar-refractivity contribution in [3.63, 3.8) is 0 Å². The van der Waals surface area contributed by atoms with Crippen molar-refractivity contribution in [2.75, 3.05) is 0 Å².